The highest BCUT2D eigenvalue weighted by molar-refractivity contribution is 5.17. The Morgan fingerprint density at radius 1 is 1.11 bits per heavy atom. The maximum Gasteiger partial charge on any atom is 0.0685 e. The van der Waals surface area contributed by atoms with Gasteiger partial charge in [-0.05, 0) is 61.8 Å². The summed E-state index contributed by atoms with van der Waals surface area (Å²) in [6, 6.07) is 0.673. The van der Waals surface area contributed by atoms with E-state index in [1.165, 1.54) is 32.1 Å². The van der Waals surface area contributed by atoms with E-state index in [9.17, 15) is 0 Å². The third-order valence-corrected chi connectivity index (χ3v) is 7.13. The largest absolute Gasteiger partial charge is 0.375 e. The van der Waals surface area contributed by atoms with Crippen molar-refractivity contribution in [3.05, 3.63) is 0 Å². The maximum absolute atomic E-state index is 6.10. The van der Waals surface area contributed by atoms with E-state index in [0.29, 0.717) is 16.9 Å². The highest BCUT2D eigenvalue weighted by Gasteiger charge is 2.68. The van der Waals surface area contributed by atoms with Gasteiger partial charge in [-0.25, -0.2) is 0 Å². The SMILES string of the molecule is CNC(C1CCOC2(CCC2)C1)C1C(C)(C)C1(C)C. The molecule has 3 rings (SSSR count). The Hall–Kier alpha value is -0.0800. The Bertz CT molecular complexity index is 342. The van der Waals surface area contributed by atoms with Gasteiger partial charge < -0.3 is 10.1 Å². The zero-order valence-corrected chi connectivity index (χ0v) is 13.4. The molecule has 0 bridgehead atoms. The third kappa shape index (κ3) is 1.90. The average molecular weight is 265 g/mol. The topological polar surface area (TPSA) is 21.3 Å². The van der Waals surface area contributed by atoms with E-state index < -0.39 is 0 Å². The van der Waals surface area contributed by atoms with Gasteiger partial charge in [-0.3, -0.25) is 0 Å². The van der Waals surface area contributed by atoms with Crippen LogP contribution >= 0.6 is 0 Å². The van der Waals surface area contributed by atoms with Crippen molar-refractivity contribution < 1.29 is 4.74 Å². The van der Waals surface area contributed by atoms with E-state index in [2.05, 4.69) is 40.1 Å². The second-order valence-electron chi connectivity index (χ2n) is 8.37. The second-order valence-corrected chi connectivity index (χ2v) is 8.37. The molecular formula is C17H31NO. The quantitative estimate of drug-likeness (QED) is 0.842. The Kier molecular flexibility index (Phi) is 3.07. The molecule has 0 amide bonds. The first-order chi connectivity index (χ1) is 8.84. The van der Waals surface area contributed by atoms with Crippen LogP contribution in [0.15, 0.2) is 0 Å². The third-order valence-electron chi connectivity index (χ3n) is 7.13. The van der Waals surface area contributed by atoms with Crippen molar-refractivity contribution in [2.45, 2.75) is 71.4 Å². The number of hydrogen-bond acceptors (Lipinski definition) is 2. The molecular weight excluding hydrogens is 234 g/mol. The van der Waals surface area contributed by atoms with Crippen molar-refractivity contribution >= 4 is 0 Å². The van der Waals surface area contributed by atoms with E-state index in [1.54, 1.807) is 0 Å². The smallest absolute Gasteiger partial charge is 0.0685 e. The minimum atomic E-state index is 0.279. The number of rotatable bonds is 3. The molecule has 2 heteroatoms. The highest BCUT2D eigenvalue weighted by Crippen LogP contribution is 2.70. The molecule has 0 aromatic carbocycles. The lowest BCUT2D eigenvalue weighted by Crippen LogP contribution is -2.50. The van der Waals surface area contributed by atoms with Crippen molar-refractivity contribution in [2.24, 2.45) is 22.7 Å². The van der Waals surface area contributed by atoms with Crippen LogP contribution in [0.2, 0.25) is 0 Å². The molecule has 0 aromatic rings. The van der Waals surface area contributed by atoms with Crippen molar-refractivity contribution in [1.82, 2.24) is 5.32 Å². The van der Waals surface area contributed by atoms with Crippen molar-refractivity contribution in [3.63, 3.8) is 0 Å². The fourth-order valence-corrected chi connectivity index (χ4v) is 5.11. The average Bonchev–Trinajstić information content (AvgIpc) is 2.72. The molecule has 1 aliphatic heterocycles. The second kappa shape index (κ2) is 4.21. The lowest BCUT2D eigenvalue weighted by molar-refractivity contribution is -0.148. The number of ether oxygens (including phenoxy) is 1. The molecule has 3 fully saturated rings. The van der Waals surface area contributed by atoms with Crippen molar-refractivity contribution in [2.75, 3.05) is 13.7 Å². The van der Waals surface area contributed by atoms with Crippen LogP contribution in [0.25, 0.3) is 0 Å². The highest BCUT2D eigenvalue weighted by atomic mass is 16.5. The van der Waals surface area contributed by atoms with Gasteiger partial charge in [-0.15, -0.1) is 0 Å². The van der Waals surface area contributed by atoms with Gasteiger partial charge in [0.15, 0.2) is 0 Å². The van der Waals surface area contributed by atoms with Gasteiger partial charge in [0.1, 0.15) is 0 Å². The summed E-state index contributed by atoms with van der Waals surface area (Å²) in [4.78, 5) is 0. The predicted octanol–water partition coefficient (Wildman–Crippen LogP) is 3.61. The van der Waals surface area contributed by atoms with Crippen LogP contribution in [0.5, 0.6) is 0 Å². The molecule has 1 heterocycles. The van der Waals surface area contributed by atoms with Gasteiger partial charge in [-0.1, -0.05) is 27.7 Å². The van der Waals surface area contributed by atoms with Gasteiger partial charge in [0.05, 0.1) is 5.60 Å². The molecule has 0 aromatic heterocycles. The summed E-state index contributed by atoms with van der Waals surface area (Å²) in [7, 11) is 2.16. The van der Waals surface area contributed by atoms with Crippen LogP contribution in [0.3, 0.4) is 0 Å². The minimum Gasteiger partial charge on any atom is -0.375 e. The van der Waals surface area contributed by atoms with E-state index >= 15 is 0 Å². The first kappa shape index (κ1) is 13.9. The fraction of sp³-hybridized carbons (Fsp3) is 1.00. The summed E-state index contributed by atoms with van der Waals surface area (Å²) >= 11 is 0. The van der Waals surface area contributed by atoms with Crippen LogP contribution < -0.4 is 5.32 Å². The first-order valence-corrected chi connectivity index (χ1v) is 8.15. The molecule has 0 radical (unpaired) electrons. The fourth-order valence-electron chi connectivity index (χ4n) is 5.11. The normalized spacial score (nSPS) is 36.8. The van der Waals surface area contributed by atoms with Gasteiger partial charge in [-0.2, -0.15) is 0 Å². The molecule has 1 saturated heterocycles. The number of hydrogen-bond donors (Lipinski definition) is 1. The molecule has 3 aliphatic rings. The Balaban J connectivity index is 1.73. The minimum absolute atomic E-state index is 0.279. The van der Waals surface area contributed by atoms with Gasteiger partial charge in [0.25, 0.3) is 0 Å². The van der Waals surface area contributed by atoms with E-state index in [-0.39, 0.29) is 5.60 Å². The molecule has 2 aliphatic carbocycles. The molecule has 2 unspecified atom stereocenters. The standard InChI is InChI=1S/C17H31NO/c1-15(2)14(16(15,3)4)13(18-5)12-7-10-19-17(11-12)8-6-9-17/h12-14,18H,6-11H2,1-5H3. The van der Waals surface area contributed by atoms with Crippen LogP contribution in [-0.4, -0.2) is 25.3 Å². The first-order valence-electron chi connectivity index (χ1n) is 8.15. The molecule has 2 saturated carbocycles. The van der Waals surface area contributed by atoms with E-state index in [4.69, 9.17) is 4.74 Å². The molecule has 1 spiro atoms. The summed E-state index contributed by atoms with van der Waals surface area (Å²) < 4.78 is 6.10. The lowest BCUT2D eigenvalue weighted by atomic mass is 9.69. The van der Waals surface area contributed by atoms with E-state index in [1.807, 2.05) is 0 Å². The van der Waals surface area contributed by atoms with Crippen LogP contribution in [-0.2, 0) is 4.74 Å². The summed E-state index contributed by atoms with van der Waals surface area (Å²) in [5, 5.41) is 3.68. The Morgan fingerprint density at radius 2 is 1.74 bits per heavy atom. The van der Waals surface area contributed by atoms with Crippen LogP contribution in [0.1, 0.15) is 59.8 Å². The molecule has 110 valence electrons. The maximum atomic E-state index is 6.10. The van der Waals surface area contributed by atoms with Gasteiger partial charge >= 0.3 is 0 Å². The molecule has 2 nitrogen and oxygen atoms in total. The summed E-state index contributed by atoms with van der Waals surface area (Å²) in [6.07, 6.45) is 6.52. The van der Waals surface area contributed by atoms with Gasteiger partial charge in [0.2, 0.25) is 0 Å². The van der Waals surface area contributed by atoms with Crippen molar-refractivity contribution in [3.8, 4) is 0 Å². The molecule has 19 heavy (non-hydrogen) atoms. The summed E-state index contributed by atoms with van der Waals surface area (Å²) in [5.41, 5.74) is 1.23. The van der Waals surface area contributed by atoms with Crippen LogP contribution in [0.4, 0.5) is 0 Å². The Morgan fingerprint density at radius 3 is 2.16 bits per heavy atom. The lowest BCUT2D eigenvalue weighted by Gasteiger charge is -2.49. The molecule has 2 atom stereocenters. The number of nitrogens with one attached hydrogen (secondary N) is 1. The van der Waals surface area contributed by atoms with E-state index in [0.717, 1.165) is 18.4 Å². The summed E-state index contributed by atoms with van der Waals surface area (Å²) in [5.74, 6) is 1.62. The van der Waals surface area contributed by atoms with Crippen LogP contribution in [0, 0.1) is 22.7 Å². The monoisotopic (exact) mass is 265 g/mol. The summed E-state index contributed by atoms with van der Waals surface area (Å²) in [6.45, 7) is 10.8. The predicted molar refractivity (Wildman–Crippen MR) is 79.2 cm³/mol. The zero-order valence-electron chi connectivity index (χ0n) is 13.4. The van der Waals surface area contributed by atoms with Crippen molar-refractivity contribution in [1.29, 1.82) is 0 Å². The van der Waals surface area contributed by atoms with Gasteiger partial charge in [0, 0.05) is 12.6 Å². The zero-order chi connectivity index (χ0) is 13.9. The molecule has 1 N–H and O–H groups in total. The Labute approximate surface area is 118 Å².